The first-order chi connectivity index (χ1) is 9.11. The third-order valence-corrected chi connectivity index (χ3v) is 3.23. The molecule has 2 N–H and O–H groups in total. The molecule has 1 aliphatic rings. The summed E-state index contributed by atoms with van der Waals surface area (Å²) < 4.78 is 0. The molecule has 0 saturated carbocycles. The average Bonchev–Trinajstić information content (AvgIpc) is 2.71. The van der Waals surface area contributed by atoms with Gasteiger partial charge in [-0.1, -0.05) is 17.7 Å². The summed E-state index contributed by atoms with van der Waals surface area (Å²) in [4.78, 5) is 25.3. The third-order valence-electron chi connectivity index (χ3n) is 3.00. The van der Waals surface area contributed by atoms with E-state index in [2.05, 4.69) is 10.6 Å². The molecule has 1 heterocycles. The van der Waals surface area contributed by atoms with E-state index in [0.717, 1.165) is 5.69 Å². The summed E-state index contributed by atoms with van der Waals surface area (Å²) in [5.74, 6) is -0.263. The summed E-state index contributed by atoms with van der Waals surface area (Å²) in [6.07, 6.45) is 0.612. The van der Waals surface area contributed by atoms with Crippen LogP contribution in [0.3, 0.4) is 0 Å². The number of benzene rings is 1. The Balaban J connectivity index is 2.03. The molecule has 1 saturated heterocycles. The van der Waals surface area contributed by atoms with E-state index < -0.39 is 6.04 Å². The van der Waals surface area contributed by atoms with Crippen molar-refractivity contribution in [2.75, 3.05) is 25.0 Å². The number of nitrogens with one attached hydrogen (secondary N) is 2. The molecule has 1 unspecified atom stereocenters. The van der Waals surface area contributed by atoms with Gasteiger partial charge in [0, 0.05) is 17.3 Å². The van der Waals surface area contributed by atoms with Crippen molar-refractivity contribution in [3.63, 3.8) is 0 Å². The molecule has 2 amide bonds. The number of hydrogen-bond donors (Lipinski definition) is 2. The minimum Gasteiger partial charge on any atom is -0.343 e. The molecule has 5 nitrogen and oxygen atoms in total. The number of carbonyl (C=O) groups is 2. The molecule has 1 atom stereocenters. The lowest BCUT2D eigenvalue weighted by Crippen LogP contribution is -2.44. The van der Waals surface area contributed by atoms with Crippen molar-refractivity contribution in [3.8, 4) is 0 Å². The first-order valence-corrected chi connectivity index (χ1v) is 6.50. The second-order valence-electron chi connectivity index (χ2n) is 4.41. The van der Waals surface area contributed by atoms with Crippen molar-refractivity contribution in [1.82, 2.24) is 10.6 Å². The van der Waals surface area contributed by atoms with E-state index in [4.69, 9.17) is 11.6 Å². The Bertz CT molecular complexity index is 493. The Morgan fingerprint density at radius 3 is 3.00 bits per heavy atom. The van der Waals surface area contributed by atoms with E-state index >= 15 is 0 Å². The zero-order valence-corrected chi connectivity index (χ0v) is 11.4. The summed E-state index contributed by atoms with van der Waals surface area (Å²) in [7, 11) is 1.69. The van der Waals surface area contributed by atoms with E-state index in [1.54, 1.807) is 30.1 Å². The third kappa shape index (κ3) is 3.24. The highest BCUT2D eigenvalue weighted by Crippen LogP contribution is 2.24. The lowest BCUT2D eigenvalue weighted by Gasteiger charge is -2.17. The van der Waals surface area contributed by atoms with Crippen LogP contribution in [0, 0.1) is 0 Å². The fraction of sp³-hybridized carbons (Fsp3) is 0.385. The quantitative estimate of drug-likeness (QED) is 0.857. The second kappa shape index (κ2) is 6.04. The van der Waals surface area contributed by atoms with E-state index in [1.807, 2.05) is 6.07 Å². The number of rotatable bonds is 4. The molecule has 102 valence electrons. The van der Waals surface area contributed by atoms with E-state index in [1.165, 1.54) is 0 Å². The summed E-state index contributed by atoms with van der Waals surface area (Å²) in [6.45, 7) is 0.796. The predicted molar refractivity (Wildman–Crippen MR) is 74.3 cm³/mol. The van der Waals surface area contributed by atoms with E-state index in [-0.39, 0.29) is 18.4 Å². The summed E-state index contributed by atoms with van der Waals surface area (Å²) >= 11 is 5.92. The number of likely N-dealkylation sites (N-methyl/N-ethyl adjacent to an activating group) is 1. The van der Waals surface area contributed by atoms with E-state index in [0.29, 0.717) is 18.0 Å². The Kier molecular flexibility index (Phi) is 4.39. The van der Waals surface area contributed by atoms with Gasteiger partial charge in [0.05, 0.1) is 6.54 Å². The molecule has 0 bridgehead atoms. The van der Waals surface area contributed by atoms with Crippen LogP contribution in [0.2, 0.25) is 5.02 Å². The number of halogens is 1. The Labute approximate surface area is 116 Å². The van der Waals surface area contributed by atoms with Crippen LogP contribution in [0.15, 0.2) is 24.3 Å². The van der Waals surface area contributed by atoms with Crippen LogP contribution in [0.4, 0.5) is 5.69 Å². The van der Waals surface area contributed by atoms with Crippen LogP contribution in [0.25, 0.3) is 0 Å². The predicted octanol–water partition coefficient (Wildman–Crippen LogP) is 0.781. The van der Waals surface area contributed by atoms with Crippen molar-refractivity contribution in [2.45, 2.75) is 12.5 Å². The SMILES string of the molecule is CNCC(=O)NC1CCN(c2cccc(Cl)c2)C1=O. The molecule has 19 heavy (non-hydrogen) atoms. The molecule has 0 aromatic heterocycles. The van der Waals surface area contributed by atoms with Gasteiger partial charge in [-0.3, -0.25) is 9.59 Å². The van der Waals surface area contributed by atoms with Gasteiger partial charge in [0.2, 0.25) is 11.8 Å². The van der Waals surface area contributed by atoms with Gasteiger partial charge in [-0.2, -0.15) is 0 Å². The standard InChI is InChI=1S/C13H16ClN3O2/c1-15-8-12(18)16-11-5-6-17(13(11)19)10-4-2-3-9(14)7-10/h2-4,7,11,15H,5-6,8H2,1H3,(H,16,18). The van der Waals surface area contributed by atoms with Gasteiger partial charge in [0.15, 0.2) is 0 Å². The molecule has 2 rings (SSSR count). The van der Waals surface area contributed by atoms with Crippen LogP contribution in [-0.4, -0.2) is 38.0 Å². The topological polar surface area (TPSA) is 61.4 Å². The summed E-state index contributed by atoms with van der Waals surface area (Å²) in [5, 5.41) is 6.06. The van der Waals surface area contributed by atoms with Gasteiger partial charge in [0.25, 0.3) is 0 Å². The molecule has 1 aromatic carbocycles. The molecular weight excluding hydrogens is 266 g/mol. The number of anilines is 1. The minimum absolute atomic E-state index is 0.0910. The lowest BCUT2D eigenvalue weighted by molar-refractivity contribution is -0.125. The van der Waals surface area contributed by atoms with Gasteiger partial charge in [-0.25, -0.2) is 0 Å². The van der Waals surface area contributed by atoms with E-state index in [9.17, 15) is 9.59 Å². The minimum atomic E-state index is -0.445. The van der Waals surface area contributed by atoms with Crippen LogP contribution in [0.5, 0.6) is 0 Å². The first kappa shape index (κ1) is 13.8. The maximum Gasteiger partial charge on any atom is 0.249 e. The molecule has 1 aromatic rings. The maximum atomic E-state index is 12.2. The normalized spacial score (nSPS) is 18.7. The average molecular weight is 282 g/mol. The van der Waals surface area contributed by atoms with Gasteiger partial charge >= 0.3 is 0 Å². The smallest absolute Gasteiger partial charge is 0.249 e. The first-order valence-electron chi connectivity index (χ1n) is 6.12. The van der Waals surface area contributed by atoms with Crippen LogP contribution in [-0.2, 0) is 9.59 Å². The van der Waals surface area contributed by atoms with Gasteiger partial charge in [-0.15, -0.1) is 0 Å². The van der Waals surface area contributed by atoms with Crippen molar-refractivity contribution in [1.29, 1.82) is 0 Å². The molecule has 0 radical (unpaired) electrons. The number of hydrogen-bond acceptors (Lipinski definition) is 3. The zero-order chi connectivity index (χ0) is 13.8. The highest BCUT2D eigenvalue weighted by Gasteiger charge is 2.33. The van der Waals surface area contributed by atoms with Gasteiger partial charge in [0.1, 0.15) is 6.04 Å². The maximum absolute atomic E-state index is 12.2. The second-order valence-corrected chi connectivity index (χ2v) is 4.85. The molecule has 1 aliphatic heterocycles. The van der Waals surface area contributed by atoms with Crippen molar-refractivity contribution >= 4 is 29.1 Å². The molecule has 6 heteroatoms. The number of nitrogens with zero attached hydrogens (tertiary/aromatic N) is 1. The molecule has 1 fully saturated rings. The Hall–Kier alpha value is -1.59. The zero-order valence-electron chi connectivity index (χ0n) is 10.6. The van der Waals surface area contributed by atoms with Crippen LogP contribution in [0.1, 0.15) is 6.42 Å². The Morgan fingerprint density at radius 2 is 2.32 bits per heavy atom. The number of carbonyl (C=O) groups excluding carboxylic acids is 2. The van der Waals surface area contributed by atoms with Crippen molar-refractivity contribution in [2.24, 2.45) is 0 Å². The molecule has 0 aliphatic carbocycles. The fourth-order valence-corrected chi connectivity index (χ4v) is 2.30. The lowest BCUT2D eigenvalue weighted by atomic mass is 10.2. The molecular formula is C13H16ClN3O2. The largest absolute Gasteiger partial charge is 0.343 e. The van der Waals surface area contributed by atoms with Crippen LogP contribution >= 0.6 is 11.6 Å². The van der Waals surface area contributed by atoms with Crippen molar-refractivity contribution < 1.29 is 9.59 Å². The van der Waals surface area contributed by atoms with Crippen LogP contribution < -0.4 is 15.5 Å². The monoisotopic (exact) mass is 281 g/mol. The number of amides is 2. The van der Waals surface area contributed by atoms with Gasteiger partial charge < -0.3 is 15.5 Å². The summed E-state index contributed by atoms with van der Waals surface area (Å²) in [5.41, 5.74) is 0.767. The highest BCUT2D eigenvalue weighted by molar-refractivity contribution is 6.31. The fourth-order valence-electron chi connectivity index (χ4n) is 2.12. The Morgan fingerprint density at radius 1 is 1.53 bits per heavy atom. The van der Waals surface area contributed by atoms with Gasteiger partial charge in [-0.05, 0) is 31.7 Å². The summed E-state index contributed by atoms with van der Waals surface area (Å²) in [6, 6.07) is 6.70. The highest BCUT2D eigenvalue weighted by atomic mass is 35.5. The van der Waals surface area contributed by atoms with Crippen molar-refractivity contribution in [3.05, 3.63) is 29.3 Å². The molecule has 0 spiro atoms.